The van der Waals surface area contributed by atoms with Crippen LogP contribution in [0.2, 0.25) is 0 Å². The summed E-state index contributed by atoms with van der Waals surface area (Å²) in [6.07, 6.45) is 2.96. The molecule has 0 saturated heterocycles. The van der Waals surface area contributed by atoms with Crippen molar-refractivity contribution >= 4 is 15.9 Å². The van der Waals surface area contributed by atoms with Crippen LogP contribution in [-0.2, 0) is 4.74 Å². The minimum atomic E-state index is -0.239. The molecule has 1 atom stereocenters. The molecule has 1 aromatic carbocycles. The summed E-state index contributed by atoms with van der Waals surface area (Å²) >= 11 is 3.43. The Balaban J connectivity index is 2.35. The molecule has 1 aromatic rings. The van der Waals surface area contributed by atoms with Crippen molar-refractivity contribution in [3.8, 4) is 0 Å². The molecule has 16 heavy (non-hydrogen) atoms. The summed E-state index contributed by atoms with van der Waals surface area (Å²) in [4.78, 5) is 0. The third-order valence-electron chi connectivity index (χ3n) is 2.57. The Morgan fingerprint density at radius 1 is 1.50 bits per heavy atom. The molecule has 0 aromatic heterocycles. The monoisotopic (exact) mass is 285 g/mol. The van der Waals surface area contributed by atoms with Gasteiger partial charge in [0.25, 0.3) is 0 Å². The average molecular weight is 286 g/mol. The lowest BCUT2D eigenvalue weighted by molar-refractivity contribution is 0.217. The average Bonchev–Trinajstić information content (AvgIpc) is 2.78. The van der Waals surface area contributed by atoms with Crippen molar-refractivity contribution in [2.45, 2.75) is 12.5 Å². The molecular weight excluding hydrogens is 273 g/mol. The smallest absolute Gasteiger partial charge is 0.123 e. The van der Waals surface area contributed by atoms with Crippen LogP contribution in [0.25, 0.3) is 0 Å². The van der Waals surface area contributed by atoms with Gasteiger partial charge in [-0.15, -0.1) is 0 Å². The molecule has 1 aliphatic rings. The molecule has 0 amide bonds. The van der Waals surface area contributed by atoms with Crippen LogP contribution < -0.4 is 5.32 Å². The summed E-state index contributed by atoms with van der Waals surface area (Å²) in [6, 6.07) is 4.58. The summed E-state index contributed by atoms with van der Waals surface area (Å²) < 4.78 is 19.6. The number of nitrogens with one attached hydrogen (secondary N) is 1. The van der Waals surface area contributed by atoms with Gasteiger partial charge >= 0.3 is 0 Å². The summed E-state index contributed by atoms with van der Waals surface area (Å²) in [5.74, 6) is 0.630. The number of hydrogen-bond donors (Lipinski definition) is 1. The quantitative estimate of drug-likeness (QED) is 0.921. The highest BCUT2D eigenvalue weighted by Gasteiger charge is 2.21. The number of likely N-dealkylation sites (N-methyl/N-ethyl adjacent to an activating group) is 1. The molecule has 0 saturated carbocycles. The molecule has 2 rings (SSSR count). The fourth-order valence-electron chi connectivity index (χ4n) is 1.82. The molecule has 4 heteroatoms. The van der Waals surface area contributed by atoms with Gasteiger partial charge in [-0.2, -0.15) is 0 Å². The van der Waals surface area contributed by atoms with Crippen LogP contribution in [0.4, 0.5) is 4.39 Å². The number of rotatable bonds is 3. The van der Waals surface area contributed by atoms with Crippen molar-refractivity contribution in [3.05, 3.63) is 45.9 Å². The van der Waals surface area contributed by atoms with Gasteiger partial charge in [-0.3, -0.25) is 0 Å². The van der Waals surface area contributed by atoms with Gasteiger partial charge in [0.2, 0.25) is 0 Å². The zero-order valence-electron chi connectivity index (χ0n) is 8.97. The molecule has 1 heterocycles. The molecule has 0 radical (unpaired) electrons. The molecule has 1 unspecified atom stereocenters. The van der Waals surface area contributed by atoms with E-state index in [4.69, 9.17) is 4.74 Å². The van der Waals surface area contributed by atoms with E-state index in [-0.39, 0.29) is 11.9 Å². The highest BCUT2D eigenvalue weighted by molar-refractivity contribution is 9.10. The maximum absolute atomic E-state index is 13.2. The minimum Gasteiger partial charge on any atom is -0.496 e. The van der Waals surface area contributed by atoms with Crippen LogP contribution in [-0.4, -0.2) is 13.7 Å². The normalized spacial score (nSPS) is 16.8. The molecule has 2 nitrogen and oxygen atoms in total. The van der Waals surface area contributed by atoms with E-state index in [0.717, 1.165) is 22.2 Å². The lowest BCUT2D eigenvalue weighted by Crippen LogP contribution is -2.19. The number of benzene rings is 1. The number of halogens is 2. The minimum absolute atomic E-state index is 0.0902. The van der Waals surface area contributed by atoms with Crippen LogP contribution in [0.5, 0.6) is 0 Å². The van der Waals surface area contributed by atoms with Gasteiger partial charge < -0.3 is 10.1 Å². The van der Waals surface area contributed by atoms with E-state index in [2.05, 4.69) is 21.2 Å². The van der Waals surface area contributed by atoms with Gasteiger partial charge in [-0.1, -0.05) is 15.9 Å². The molecule has 1 aliphatic heterocycles. The van der Waals surface area contributed by atoms with E-state index in [1.807, 2.05) is 13.1 Å². The molecular formula is C12H13BrFNO. The van der Waals surface area contributed by atoms with Crippen molar-refractivity contribution in [2.24, 2.45) is 0 Å². The second-order valence-corrected chi connectivity index (χ2v) is 4.49. The first-order valence-corrected chi connectivity index (χ1v) is 5.96. The highest BCUT2D eigenvalue weighted by Crippen LogP contribution is 2.31. The van der Waals surface area contributed by atoms with Crippen LogP contribution in [0.3, 0.4) is 0 Å². The van der Waals surface area contributed by atoms with E-state index < -0.39 is 0 Å². The molecule has 0 fully saturated rings. The zero-order chi connectivity index (χ0) is 11.5. The Hall–Kier alpha value is -0.870. The molecule has 0 spiro atoms. The van der Waals surface area contributed by atoms with Gasteiger partial charge in [0.15, 0.2) is 0 Å². The Morgan fingerprint density at radius 2 is 2.31 bits per heavy atom. The maximum Gasteiger partial charge on any atom is 0.123 e. The van der Waals surface area contributed by atoms with Crippen molar-refractivity contribution in [1.82, 2.24) is 5.32 Å². The van der Waals surface area contributed by atoms with Gasteiger partial charge in [-0.05, 0) is 36.9 Å². The lowest BCUT2D eigenvalue weighted by atomic mass is 10.0. The SMILES string of the molecule is CNC(C1=CCCO1)c1cc(F)ccc1Br. The Labute approximate surface area is 103 Å². The summed E-state index contributed by atoms with van der Waals surface area (Å²) in [6.45, 7) is 0.709. The Bertz CT molecular complexity index is 419. The zero-order valence-corrected chi connectivity index (χ0v) is 10.6. The molecule has 86 valence electrons. The van der Waals surface area contributed by atoms with Gasteiger partial charge in [-0.25, -0.2) is 4.39 Å². The van der Waals surface area contributed by atoms with Crippen LogP contribution >= 0.6 is 15.9 Å². The Kier molecular flexibility index (Phi) is 3.61. The standard InChI is InChI=1S/C12H13BrFNO/c1-15-12(11-3-2-6-16-11)9-7-8(14)4-5-10(9)13/h3-5,7,12,15H,2,6H2,1H3. The van der Waals surface area contributed by atoms with Crippen molar-refractivity contribution in [3.63, 3.8) is 0 Å². The van der Waals surface area contributed by atoms with Crippen molar-refractivity contribution < 1.29 is 9.13 Å². The Morgan fingerprint density at radius 3 is 2.94 bits per heavy atom. The maximum atomic E-state index is 13.2. The van der Waals surface area contributed by atoms with Gasteiger partial charge in [0.05, 0.1) is 12.6 Å². The van der Waals surface area contributed by atoms with Gasteiger partial charge in [0.1, 0.15) is 11.6 Å². The van der Waals surface area contributed by atoms with Crippen molar-refractivity contribution in [1.29, 1.82) is 0 Å². The van der Waals surface area contributed by atoms with E-state index in [9.17, 15) is 4.39 Å². The van der Waals surface area contributed by atoms with E-state index >= 15 is 0 Å². The molecule has 0 aliphatic carbocycles. The fraction of sp³-hybridized carbons (Fsp3) is 0.333. The first-order valence-electron chi connectivity index (χ1n) is 5.17. The molecule has 0 bridgehead atoms. The second-order valence-electron chi connectivity index (χ2n) is 3.63. The third-order valence-corrected chi connectivity index (χ3v) is 3.30. The largest absolute Gasteiger partial charge is 0.496 e. The van der Waals surface area contributed by atoms with Crippen LogP contribution in [0.15, 0.2) is 34.5 Å². The molecule has 1 N–H and O–H groups in total. The second kappa shape index (κ2) is 4.97. The van der Waals surface area contributed by atoms with Crippen LogP contribution in [0, 0.1) is 5.82 Å². The van der Waals surface area contributed by atoms with E-state index in [1.165, 1.54) is 12.1 Å². The predicted molar refractivity (Wildman–Crippen MR) is 64.6 cm³/mol. The fourth-order valence-corrected chi connectivity index (χ4v) is 2.30. The van der Waals surface area contributed by atoms with Crippen molar-refractivity contribution in [2.75, 3.05) is 13.7 Å². The predicted octanol–water partition coefficient (Wildman–Crippen LogP) is 3.15. The first kappa shape index (κ1) is 11.6. The summed E-state index contributed by atoms with van der Waals surface area (Å²) in [5.41, 5.74) is 0.857. The third kappa shape index (κ3) is 2.28. The number of ether oxygens (including phenoxy) is 1. The highest BCUT2D eigenvalue weighted by atomic mass is 79.9. The van der Waals surface area contributed by atoms with E-state index in [0.29, 0.717) is 6.61 Å². The topological polar surface area (TPSA) is 21.3 Å². The lowest BCUT2D eigenvalue weighted by Gasteiger charge is -2.19. The first-order chi connectivity index (χ1) is 7.72. The van der Waals surface area contributed by atoms with Crippen LogP contribution in [0.1, 0.15) is 18.0 Å². The summed E-state index contributed by atoms with van der Waals surface area (Å²) in [5, 5.41) is 3.14. The van der Waals surface area contributed by atoms with Gasteiger partial charge in [0, 0.05) is 10.9 Å². The summed E-state index contributed by atoms with van der Waals surface area (Å²) in [7, 11) is 1.84. The number of hydrogen-bond acceptors (Lipinski definition) is 2. The van der Waals surface area contributed by atoms with E-state index in [1.54, 1.807) is 6.07 Å².